The number of halogens is 1. The van der Waals surface area contributed by atoms with Crippen molar-refractivity contribution < 1.29 is 0 Å². The van der Waals surface area contributed by atoms with Crippen LogP contribution in [0.3, 0.4) is 0 Å². The molecule has 6 heteroatoms. The Bertz CT molecular complexity index is 804. The number of hydrogen-bond acceptors (Lipinski definition) is 3. The van der Waals surface area contributed by atoms with Gasteiger partial charge in [-0.05, 0) is 41.6 Å². The number of nitrogens with zero attached hydrogens (tertiary/aromatic N) is 2. The van der Waals surface area contributed by atoms with Gasteiger partial charge in [-0.25, -0.2) is 0 Å². The fourth-order valence-electron chi connectivity index (χ4n) is 2.54. The van der Waals surface area contributed by atoms with E-state index in [9.17, 15) is 0 Å². The Morgan fingerprint density at radius 3 is 2.73 bits per heavy atom. The Morgan fingerprint density at radius 2 is 2.00 bits per heavy atom. The van der Waals surface area contributed by atoms with Crippen molar-refractivity contribution in [2.24, 2.45) is 4.99 Å². The molecule has 0 atom stereocenters. The van der Waals surface area contributed by atoms with Gasteiger partial charge in [0.2, 0.25) is 0 Å². The minimum atomic E-state index is 0. The number of aromatic nitrogens is 1. The van der Waals surface area contributed by atoms with E-state index in [1.807, 2.05) is 24.4 Å². The second kappa shape index (κ2) is 10.9. The van der Waals surface area contributed by atoms with E-state index in [-0.39, 0.29) is 24.0 Å². The van der Waals surface area contributed by atoms with Gasteiger partial charge in [0.1, 0.15) is 0 Å². The highest BCUT2D eigenvalue weighted by Crippen LogP contribution is 2.17. The molecule has 0 unspecified atom stereocenters. The molecule has 0 radical (unpaired) electrons. The van der Waals surface area contributed by atoms with Crippen molar-refractivity contribution in [3.05, 3.63) is 76.6 Å². The molecular weight excluding hydrogens is 455 g/mol. The highest BCUT2D eigenvalue weighted by atomic mass is 127. The van der Waals surface area contributed by atoms with E-state index in [2.05, 4.69) is 62.4 Å². The standard InChI is InChI=1S/C20H22N4S.HI/c1-21-20(23-12-10-18-8-5-13-25-18)24-15-16-6-4-7-17(14-16)19-9-2-3-11-22-19;/h2-9,11,13-14H,10,12,15H2,1H3,(H2,21,23,24);1H. The van der Waals surface area contributed by atoms with Crippen LogP contribution in [0.5, 0.6) is 0 Å². The normalized spacial score (nSPS) is 10.9. The van der Waals surface area contributed by atoms with Crippen LogP contribution < -0.4 is 10.6 Å². The number of benzene rings is 1. The average molecular weight is 478 g/mol. The van der Waals surface area contributed by atoms with E-state index in [1.165, 1.54) is 10.4 Å². The van der Waals surface area contributed by atoms with E-state index in [0.29, 0.717) is 0 Å². The molecular formula is C20H23IN4S. The van der Waals surface area contributed by atoms with Gasteiger partial charge in [0, 0.05) is 36.8 Å². The molecule has 2 N–H and O–H groups in total. The molecule has 3 rings (SSSR count). The third-order valence-corrected chi connectivity index (χ3v) is 4.75. The highest BCUT2D eigenvalue weighted by molar-refractivity contribution is 14.0. The molecule has 136 valence electrons. The van der Waals surface area contributed by atoms with Crippen molar-refractivity contribution in [3.8, 4) is 11.3 Å². The molecule has 0 aliphatic heterocycles. The maximum absolute atomic E-state index is 4.41. The van der Waals surface area contributed by atoms with E-state index in [4.69, 9.17) is 0 Å². The Kier molecular flexibility index (Phi) is 8.57. The van der Waals surface area contributed by atoms with E-state index in [0.717, 1.165) is 36.7 Å². The molecule has 4 nitrogen and oxygen atoms in total. The SMILES string of the molecule is CN=C(NCCc1cccs1)NCc1cccc(-c2ccccn2)c1.I. The van der Waals surface area contributed by atoms with Crippen LogP contribution in [0.1, 0.15) is 10.4 Å². The van der Waals surface area contributed by atoms with Gasteiger partial charge >= 0.3 is 0 Å². The number of guanidine groups is 1. The van der Waals surface area contributed by atoms with Crippen LogP contribution >= 0.6 is 35.3 Å². The lowest BCUT2D eigenvalue weighted by Crippen LogP contribution is -2.37. The van der Waals surface area contributed by atoms with E-state index < -0.39 is 0 Å². The first-order chi connectivity index (χ1) is 12.3. The molecule has 2 aromatic heterocycles. The summed E-state index contributed by atoms with van der Waals surface area (Å²) in [6.07, 6.45) is 2.83. The molecule has 0 saturated carbocycles. The number of thiophene rings is 1. The molecule has 0 bridgehead atoms. The van der Waals surface area contributed by atoms with Gasteiger partial charge in [0.25, 0.3) is 0 Å². The molecule has 26 heavy (non-hydrogen) atoms. The van der Waals surface area contributed by atoms with E-state index in [1.54, 1.807) is 18.4 Å². The average Bonchev–Trinajstić information content (AvgIpc) is 3.19. The molecule has 0 aliphatic carbocycles. The molecule has 0 spiro atoms. The Labute approximate surface area is 175 Å². The zero-order valence-corrected chi connectivity index (χ0v) is 17.8. The summed E-state index contributed by atoms with van der Waals surface area (Å²) >= 11 is 1.79. The predicted octanol–water partition coefficient (Wildman–Crippen LogP) is 4.34. The summed E-state index contributed by atoms with van der Waals surface area (Å²) in [5.41, 5.74) is 3.31. The van der Waals surface area contributed by atoms with Crippen molar-refractivity contribution in [2.75, 3.05) is 13.6 Å². The maximum Gasteiger partial charge on any atom is 0.191 e. The quantitative estimate of drug-likeness (QED) is 0.315. The second-order valence-electron chi connectivity index (χ2n) is 5.60. The number of nitrogens with one attached hydrogen (secondary N) is 2. The van der Waals surface area contributed by atoms with Gasteiger partial charge in [-0.3, -0.25) is 9.98 Å². The Morgan fingerprint density at radius 1 is 1.08 bits per heavy atom. The summed E-state index contributed by atoms with van der Waals surface area (Å²) in [6, 6.07) is 18.6. The number of aliphatic imine (C=N–C) groups is 1. The predicted molar refractivity (Wildman–Crippen MR) is 121 cm³/mol. The van der Waals surface area contributed by atoms with Crippen molar-refractivity contribution in [1.82, 2.24) is 15.6 Å². The van der Waals surface area contributed by atoms with Crippen molar-refractivity contribution in [2.45, 2.75) is 13.0 Å². The Hall–Kier alpha value is -1.93. The molecule has 3 aromatic rings. The van der Waals surface area contributed by atoms with Crippen LogP contribution in [0.2, 0.25) is 0 Å². The third kappa shape index (κ3) is 6.10. The lowest BCUT2D eigenvalue weighted by atomic mass is 10.1. The summed E-state index contributed by atoms with van der Waals surface area (Å²) in [6.45, 7) is 1.59. The van der Waals surface area contributed by atoms with Crippen LogP contribution in [0.15, 0.2) is 71.2 Å². The smallest absolute Gasteiger partial charge is 0.191 e. The lowest BCUT2D eigenvalue weighted by molar-refractivity contribution is 0.799. The third-order valence-electron chi connectivity index (χ3n) is 3.82. The summed E-state index contributed by atoms with van der Waals surface area (Å²) in [5, 5.41) is 8.83. The van der Waals surface area contributed by atoms with Gasteiger partial charge < -0.3 is 10.6 Å². The summed E-state index contributed by atoms with van der Waals surface area (Å²) < 4.78 is 0. The van der Waals surface area contributed by atoms with Gasteiger partial charge in [0.15, 0.2) is 5.96 Å². The van der Waals surface area contributed by atoms with Crippen LogP contribution in [-0.4, -0.2) is 24.5 Å². The molecule has 0 saturated heterocycles. The fourth-order valence-corrected chi connectivity index (χ4v) is 3.25. The van der Waals surface area contributed by atoms with Crippen LogP contribution in [0.4, 0.5) is 0 Å². The van der Waals surface area contributed by atoms with Crippen LogP contribution in [0.25, 0.3) is 11.3 Å². The first-order valence-corrected chi connectivity index (χ1v) is 9.20. The molecule has 2 heterocycles. The van der Waals surface area contributed by atoms with Crippen molar-refractivity contribution in [3.63, 3.8) is 0 Å². The second-order valence-corrected chi connectivity index (χ2v) is 6.63. The zero-order chi connectivity index (χ0) is 17.3. The number of hydrogen-bond donors (Lipinski definition) is 2. The summed E-state index contributed by atoms with van der Waals surface area (Å²) in [5.74, 6) is 0.819. The molecule has 0 aliphatic rings. The molecule has 0 amide bonds. The van der Waals surface area contributed by atoms with Crippen molar-refractivity contribution in [1.29, 1.82) is 0 Å². The van der Waals surface area contributed by atoms with Crippen LogP contribution in [0, 0.1) is 0 Å². The zero-order valence-electron chi connectivity index (χ0n) is 14.7. The Balaban J connectivity index is 0.00000243. The first kappa shape index (κ1) is 20.4. The number of rotatable bonds is 6. The van der Waals surface area contributed by atoms with Gasteiger partial charge in [-0.15, -0.1) is 35.3 Å². The minimum Gasteiger partial charge on any atom is -0.356 e. The fraction of sp³-hybridized carbons (Fsp3) is 0.200. The van der Waals surface area contributed by atoms with Gasteiger partial charge in [0.05, 0.1) is 5.69 Å². The lowest BCUT2D eigenvalue weighted by Gasteiger charge is -2.12. The molecule has 0 fully saturated rings. The van der Waals surface area contributed by atoms with Crippen LogP contribution in [-0.2, 0) is 13.0 Å². The minimum absolute atomic E-state index is 0. The summed E-state index contributed by atoms with van der Waals surface area (Å²) in [7, 11) is 1.80. The first-order valence-electron chi connectivity index (χ1n) is 8.32. The molecule has 1 aromatic carbocycles. The largest absolute Gasteiger partial charge is 0.356 e. The van der Waals surface area contributed by atoms with Gasteiger partial charge in [-0.1, -0.05) is 30.3 Å². The highest BCUT2D eigenvalue weighted by Gasteiger charge is 2.02. The van der Waals surface area contributed by atoms with E-state index >= 15 is 0 Å². The maximum atomic E-state index is 4.41. The van der Waals surface area contributed by atoms with Crippen molar-refractivity contribution >= 4 is 41.3 Å². The topological polar surface area (TPSA) is 49.3 Å². The number of pyridine rings is 1. The van der Waals surface area contributed by atoms with Gasteiger partial charge in [-0.2, -0.15) is 0 Å². The monoisotopic (exact) mass is 478 g/mol. The summed E-state index contributed by atoms with van der Waals surface area (Å²) in [4.78, 5) is 10.1.